The molecule has 4 aromatic carbocycles. The van der Waals surface area contributed by atoms with Crippen LogP contribution < -0.4 is 4.72 Å². The summed E-state index contributed by atoms with van der Waals surface area (Å²) in [6, 6.07) is 25.5. The maximum Gasteiger partial charge on any atom is 0.261 e. The van der Waals surface area contributed by atoms with E-state index in [1.54, 1.807) is 30.3 Å². The molecule has 0 aliphatic heterocycles. The molecular weight excluding hydrogens is 438 g/mol. The molecule has 0 radical (unpaired) electrons. The van der Waals surface area contributed by atoms with Crippen LogP contribution in [-0.4, -0.2) is 13.5 Å². The molecule has 32 heavy (non-hydrogen) atoms. The Morgan fingerprint density at radius 3 is 2.03 bits per heavy atom. The van der Waals surface area contributed by atoms with Crippen molar-refractivity contribution in [1.82, 2.24) is 0 Å². The van der Waals surface area contributed by atoms with Gasteiger partial charge < -0.3 is 5.11 Å². The van der Waals surface area contributed by atoms with E-state index in [0.717, 1.165) is 10.5 Å². The third kappa shape index (κ3) is 4.61. The van der Waals surface area contributed by atoms with E-state index in [9.17, 15) is 13.5 Å². The summed E-state index contributed by atoms with van der Waals surface area (Å²) in [7, 11) is -3.81. The molecule has 0 heterocycles. The minimum Gasteiger partial charge on any atom is -0.506 e. The molecule has 0 saturated heterocycles. The molecule has 0 bridgehead atoms. The van der Waals surface area contributed by atoms with Gasteiger partial charge in [-0.1, -0.05) is 87.1 Å². The zero-order valence-electron chi connectivity index (χ0n) is 18.2. The van der Waals surface area contributed by atoms with Crippen molar-refractivity contribution in [3.8, 4) is 5.75 Å². The summed E-state index contributed by atoms with van der Waals surface area (Å²) in [5, 5.41) is 12.1. The van der Waals surface area contributed by atoms with Crippen molar-refractivity contribution in [2.75, 3.05) is 4.72 Å². The lowest BCUT2D eigenvalue weighted by molar-refractivity contribution is 0.469. The van der Waals surface area contributed by atoms with E-state index in [1.807, 2.05) is 54.6 Å². The van der Waals surface area contributed by atoms with Gasteiger partial charge >= 0.3 is 0 Å². The molecule has 164 valence electrons. The number of hydrogen-bond donors (Lipinski definition) is 2. The predicted octanol–water partition coefficient (Wildman–Crippen LogP) is 6.79. The van der Waals surface area contributed by atoms with Crippen LogP contribution in [0.1, 0.15) is 26.3 Å². The molecule has 0 fully saturated rings. The number of benzene rings is 4. The quantitative estimate of drug-likeness (QED) is 0.320. The van der Waals surface area contributed by atoms with Gasteiger partial charge in [0.15, 0.2) is 0 Å². The zero-order valence-corrected chi connectivity index (χ0v) is 19.8. The topological polar surface area (TPSA) is 66.4 Å². The molecule has 2 N–H and O–H groups in total. The van der Waals surface area contributed by atoms with Gasteiger partial charge in [-0.05, 0) is 41.3 Å². The Morgan fingerprint density at radius 2 is 1.41 bits per heavy atom. The largest absolute Gasteiger partial charge is 0.506 e. The Bertz CT molecular complexity index is 1360. The third-order valence-electron chi connectivity index (χ3n) is 5.23. The minimum atomic E-state index is -3.81. The van der Waals surface area contributed by atoms with E-state index in [2.05, 4.69) is 25.5 Å². The van der Waals surface area contributed by atoms with E-state index < -0.39 is 10.0 Å². The van der Waals surface area contributed by atoms with Crippen LogP contribution in [0.3, 0.4) is 0 Å². The average molecular weight is 464 g/mol. The van der Waals surface area contributed by atoms with Gasteiger partial charge in [0.1, 0.15) is 5.75 Å². The summed E-state index contributed by atoms with van der Waals surface area (Å²) < 4.78 is 29.1. The Morgan fingerprint density at radius 1 is 0.812 bits per heavy atom. The lowest BCUT2D eigenvalue weighted by Crippen LogP contribution is -2.15. The molecule has 4 nitrogen and oxygen atoms in total. The molecule has 4 aromatic rings. The van der Waals surface area contributed by atoms with E-state index in [0.29, 0.717) is 21.4 Å². The van der Waals surface area contributed by atoms with Crippen LogP contribution in [-0.2, 0) is 15.4 Å². The van der Waals surface area contributed by atoms with E-state index in [4.69, 9.17) is 0 Å². The molecule has 0 aromatic heterocycles. The number of phenolic OH excluding ortho intramolecular Hbond substituents is 1. The van der Waals surface area contributed by atoms with Gasteiger partial charge in [0.05, 0.1) is 15.5 Å². The highest BCUT2D eigenvalue weighted by atomic mass is 32.2. The second-order valence-corrected chi connectivity index (χ2v) is 11.4. The summed E-state index contributed by atoms with van der Waals surface area (Å²) in [6.07, 6.45) is 0. The standard InChI is InChI=1S/C26H25NO3S2/c1-26(2,3)18-13-15-20(16-14-18)32(29,30)27-23-17-24(31-19-9-5-4-6-10-19)25(28)22-12-8-7-11-21(22)23/h4-17,27-28H,1-3H3. The van der Waals surface area contributed by atoms with Crippen LogP contribution in [0.4, 0.5) is 5.69 Å². The minimum absolute atomic E-state index is 0.0631. The maximum atomic E-state index is 13.2. The molecular formula is C26H25NO3S2. The molecule has 0 unspecified atom stereocenters. The van der Waals surface area contributed by atoms with Gasteiger partial charge in [0.25, 0.3) is 10.0 Å². The number of hydrogen-bond acceptors (Lipinski definition) is 4. The van der Waals surface area contributed by atoms with Crippen LogP contribution in [0.5, 0.6) is 5.75 Å². The van der Waals surface area contributed by atoms with Crippen molar-refractivity contribution in [3.63, 3.8) is 0 Å². The number of nitrogens with one attached hydrogen (secondary N) is 1. The lowest BCUT2D eigenvalue weighted by Gasteiger charge is -2.19. The molecule has 6 heteroatoms. The van der Waals surface area contributed by atoms with Gasteiger partial charge in [-0.25, -0.2) is 8.42 Å². The number of rotatable bonds is 5. The first-order valence-corrected chi connectivity index (χ1v) is 12.6. The monoisotopic (exact) mass is 463 g/mol. The Hall–Kier alpha value is -2.96. The van der Waals surface area contributed by atoms with Crippen molar-refractivity contribution < 1.29 is 13.5 Å². The van der Waals surface area contributed by atoms with Gasteiger partial charge in [-0.3, -0.25) is 4.72 Å². The SMILES string of the molecule is CC(C)(C)c1ccc(S(=O)(=O)Nc2cc(Sc3ccccc3)c(O)c3ccccc23)cc1. The summed E-state index contributed by atoms with van der Waals surface area (Å²) in [4.78, 5) is 1.72. The van der Waals surface area contributed by atoms with Gasteiger partial charge in [0.2, 0.25) is 0 Å². The van der Waals surface area contributed by atoms with Crippen molar-refractivity contribution in [3.05, 3.63) is 90.5 Å². The molecule has 0 aliphatic carbocycles. The smallest absolute Gasteiger partial charge is 0.261 e. The van der Waals surface area contributed by atoms with Crippen molar-refractivity contribution in [1.29, 1.82) is 0 Å². The third-order valence-corrected chi connectivity index (χ3v) is 7.65. The molecule has 0 atom stereocenters. The van der Waals surface area contributed by atoms with E-state index >= 15 is 0 Å². The maximum absolute atomic E-state index is 13.2. The Balaban J connectivity index is 1.75. The van der Waals surface area contributed by atoms with Crippen LogP contribution in [0.15, 0.2) is 99.6 Å². The van der Waals surface area contributed by atoms with Gasteiger partial charge in [-0.2, -0.15) is 0 Å². The summed E-state index contributed by atoms with van der Waals surface area (Å²) in [5.74, 6) is 0.131. The molecule has 4 rings (SSSR count). The molecule has 0 amide bonds. The number of anilines is 1. The fraction of sp³-hybridized carbons (Fsp3) is 0.154. The van der Waals surface area contributed by atoms with Crippen LogP contribution in [0.2, 0.25) is 0 Å². The zero-order chi connectivity index (χ0) is 22.9. The fourth-order valence-corrected chi connectivity index (χ4v) is 5.45. The highest BCUT2D eigenvalue weighted by molar-refractivity contribution is 7.99. The van der Waals surface area contributed by atoms with Crippen LogP contribution in [0.25, 0.3) is 10.8 Å². The van der Waals surface area contributed by atoms with Crippen molar-refractivity contribution >= 4 is 38.2 Å². The average Bonchev–Trinajstić information content (AvgIpc) is 2.77. The molecule has 0 saturated carbocycles. The van der Waals surface area contributed by atoms with Crippen molar-refractivity contribution in [2.45, 2.75) is 40.9 Å². The summed E-state index contributed by atoms with van der Waals surface area (Å²) in [5.41, 5.74) is 1.43. The highest BCUT2D eigenvalue weighted by Gasteiger charge is 2.20. The van der Waals surface area contributed by atoms with E-state index in [-0.39, 0.29) is 16.1 Å². The second kappa shape index (κ2) is 8.52. The van der Waals surface area contributed by atoms with Gasteiger partial charge in [-0.15, -0.1) is 0 Å². The van der Waals surface area contributed by atoms with Crippen LogP contribution in [0, 0.1) is 0 Å². The highest BCUT2D eigenvalue weighted by Crippen LogP contribution is 2.43. The molecule has 0 spiro atoms. The van der Waals surface area contributed by atoms with E-state index in [1.165, 1.54) is 11.8 Å². The lowest BCUT2D eigenvalue weighted by atomic mass is 9.87. The normalized spacial score (nSPS) is 12.1. The van der Waals surface area contributed by atoms with Crippen molar-refractivity contribution in [2.24, 2.45) is 0 Å². The summed E-state index contributed by atoms with van der Waals surface area (Å²) >= 11 is 1.38. The number of phenols is 1. The Labute approximate surface area is 193 Å². The summed E-state index contributed by atoms with van der Waals surface area (Å²) in [6.45, 7) is 6.26. The first-order chi connectivity index (χ1) is 15.1. The fourth-order valence-electron chi connectivity index (χ4n) is 3.45. The predicted molar refractivity (Wildman–Crippen MR) is 132 cm³/mol. The number of aromatic hydroxyl groups is 1. The second-order valence-electron chi connectivity index (χ2n) is 8.61. The number of fused-ring (bicyclic) bond motifs is 1. The first kappa shape index (κ1) is 22.2. The van der Waals surface area contributed by atoms with Crippen LogP contribution >= 0.6 is 11.8 Å². The Kier molecular flexibility index (Phi) is 5.93. The van der Waals surface area contributed by atoms with Gasteiger partial charge in [0, 0.05) is 15.7 Å². The first-order valence-electron chi connectivity index (χ1n) is 10.3. The number of sulfonamides is 1. The molecule has 0 aliphatic rings.